The molecule has 1 heterocycles. The number of ether oxygens (including phenoxy) is 1. The van der Waals surface area contributed by atoms with Crippen LogP contribution in [0, 0.1) is 0 Å². The van der Waals surface area contributed by atoms with Crippen molar-refractivity contribution in [3.05, 3.63) is 0 Å². The highest BCUT2D eigenvalue weighted by atomic mass is 16.5. The van der Waals surface area contributed by atoms with Crippen LogP contribution in [-0.2, 0) is 4.74 Å². The summed E-state index contributed by atoms with van der Waals surface area (Å²) in [6.07, 6.45) is 2.38. The summed E-state index contributed by atoms with van der Waals surface area (Å²) >= 11 is 0. The second-order valence-electron chi connectivity index (χ2n) is 5.92. The Labute approximate surface area is 112 Å². The van der Waals surface area contributed by atoms with E-state index in [9.17, 15) is 5.11 Å². The van der Waals surface area contributed by atoms with E-state index in [1.54, 1.807) is 0 Å². The third kappa shape index (κ3) is 3.92. The van der Waals surface area contributed by atoms with Gasteiger partial charge in [-0.3, -0.25) is 4.90 Å². The van der Waals surface area contributed by atoms with Crippen LogP contribution in [-0.4, -0.2) is 60.5 Å². The molecule has 0 aliphatic carbocycles. The van der Waals surface area contributed by atoms with Gasteiger partial charge in [-0.25, -0.2) is 0 Å². The van der Waals surface area contributed by atoms with Gasteiger partial charge >= 0.3 is 0 Å². The predicted octanol–water partition coefficient (Wildman–Crippen LogP) is 1.23. The molecule has 0 aromatic heterocycles. The van der Waals surface area contributed by atoms with E-state index in [1.807, 2.05) is 7.05 Å². The molecule has 0 spiro atoms. The first kappa shape index (κ1) is 15.9. The summed E-state index contributed by atoms with van der Waals surface area (Å²) in [4.78, 5) is 2.54. The molecule has 18 heavy (non-hydrogen) atoms. The molecule has 1 saturated heterocycles. The van der Waals surface area contributed by atoms with Gasteiger partial charge < -0.3 is 15.2 Å². The summed E-state index contributed by atoms with van der Waals surface area (Å²) in [5.41, 5.74) is -0.195. The normalized spacial score (nSPS) is 31.0. The number of likely N-dealkylation sites (N-methyl/N-ethyl adjacent to an activating group) is 1. The molecule has 0 aromatic carbocycles. The van der Waals surface area contributed by atoms with Crippen LogP contribution < -0.4 is 5.32 Å². The molecule has 1 rings (SSSR count). The van der Waals surface area contributed by atoms with E-state index >= 15 is 0 Å². The van der Waals surface area contributed by atoms with Crippen LogP contribution >= 0.6 is 0 Å². The lowest BCUT2D eigenvalue weighted by Gasteiger charge is -2.44. The Morgan fingerprint density at radius 1 is 1.56 bits per heavy atom. The van der Waals surface area contributed by atoms with Gasteiger partial charge in [0.2, 0.25) is 0 Å². The molecular weight excluding hydrogens is 228 g/mol. The number of hydrogen-bond donors (Lipinski definition) is 2. The molecule has 4 unspecified atom stereocenters. The van der Waals surface area contributed by atoms with Gasteiger partial charge in [0.15, 0.2) is 0 Å². The van der Waals surface area contributed by atoms with Crippen molar-refractivity contribution in [3.8, 4) is 0 Å². The first-order valence-electron chi connectivity index (χ1n) is 7.13. The maximum absolute atomic E-state index is 9.50. The van der Waals surface area contributed by atoms with Gasteiger partial charge in [-0.1, -0.05) is 6.92 Å². The number of rotatable bonds is 6. The second-order valence-corrected chi connectivity index (χ2v) is 5.92. The molecule has 4 nitrogen and oxygen atoms in total. The highest BCUT2D eigenvalue weighted by Gasteiger charge is 2.33. The molecule has 2 N–H and O–H groups in total. The van der Waals surface area contributed by atoms with E-state index in [0.29, 0.717) is 18.2 Å². The van der Waals surface area contributed by atoms with Crippen molar-refractivity contribution >= 4 is 0 Å². The molecule has 4 heteroatoms. The molecule has 4 atom stereocenters. The quantitative estimate of drug-likeness (QED) is 0.752. The van der Waals surface area contributed by atoms with Crippen molar-refractivity contribution in [2.24, 2.45) is 0 Å². The minimum Gasteiger partial charge on any atom is -0.394 e. The highest BCUT2D eigenvalue weighted by Crippen LogP contribution is 2.22. The van der Waals surface area contributed by atoms with Crippen LogP contribution in [0.2, 0.25) is 0 Å². The summed E-state index contributed by atoms with van der Waals surface area (Å²) in [6.45, 7) is 10.7. The van der Waals surface area contributed by atoms with Crippen LogP contribution in [0.3, 0.4) is 0 Å². The minimum atomic E-state index is -0.195. The van der Waals surface area contributed by atoms with E-state index in [0.717, 1.165) is 26.0 Å². The topological polar surface area (TPSA) is 44.7 Å². The van der Waals surface area contributed by atoms with Gasteiger partial charge in [0.1, 0.15) is 0 Å². The van der Waals surface area contributed by atoms with Gasteiger partial charge in [0.25, 0.3) is 0 Å². The van der Waals surface area contributed by atoms with Gasteiger partial charge in [-0.05, 0) is 40.7 Å². The number of aliphatic hydroxyl groups is 1. The molecule has 0 bridgehead atoms. The van der Waals surface area contributed by atoms with E-state index in [2.05, 4.69) is 37.9 Å². The molecule has 0 amide bonds. The maximum atomic E-state index is 9.50. The van der Waals surface area contributed by atoms with Gasteiger partial charge in [0, 0.05) is 24.2 Å². The standard InChI is InChI=1S/C14H30N2O2/c1-6-13-9-18-12(3)8-16(13)11(2)7-14(4,10-17)15-5/h11-13,15,17H,6-10H2,1-5H3. The van der Waals surface area contributed by atoms with Crippen molar-refractivity contribution in [1.29, 1.82) is 0 Å². The van der Waals surface area contributed by atoms with Crippen LogP contribution in [0.4, 0.5) is 0 Å². The summed E-state index contributed by atoms with van der Waals surface area (Å²) in [7, 11) is 1.92. The zero-order valence-corrected chi connectivity index (χ0v) is 12.6. The number of nitrogens with one attached hydrogen (secondary N) is 1. The van der Waals surface area contributed by atoms with E-state index < -0.39 is 0 Å². The summed E-state index contributed by atoms with van der Waals surface area (Å²) < 4.78 is 5.74. The van der Waals surface area contributed by atoms with Crippen molar-refractivity contribution < 1.29 is 9.84 Å². The van der Waals surface area contributed by atoms with Gasteiger partial charge in [-0.15, -0.1) is 0 Å². The van der Waals surface area contributed by atoms with Gasteiger partial charge in [0.05, 0.1) is 19.3 Å². The largest absolute Gasteiger partial charge is 0.394 e. The Morgan fingerprint density at radius 3 is 2.72 bits per heavy atom. The zero-order valence-electron chi connectivity index (χ0n) is 12.6. The third-order valence-corrected chi connectivity index (χ3v) is 4.25. The van der Waals surface area contributed by atoms with Crippen molar-refractivity contribution in [3.63, 3.8) is 0 Å². The van der Waals surface area contributed by atoms with Crippen LogP contribution in [0.1, 0.15) is 40.5 Å². The highest BCUT2D eigenvalue weighted by molar-refractivity contribution is 4.89. The van der Waals surface area contributed by atoms with Crippen LogP contribution in [0.5, 0.6) is 0 Å². The Morgan fingerprint density at radius 2 is 2.22 bits per heavy atom. The lowest BCUT2D eigenvalue weighted by Crippen LogP contribution is -2.56. The fourth-order valence-electron chi connectivity index (χ4n) is 2.78. The monoisotopic (exact) mass is 258 g/mol. The SMILES string of the molecule is CCC1COC(C)CN1C(C)CC(C)(CO)NC. The Hall–Kier alpha value is -0.160. The average Bonchev–Trinajstić information content (AvgIpc) is 2.38. The first-order chi connectivity index (χ1) is 8.45. The molecule has 1 fully saturated rings. The smallest absolute Gasteiger partial charge is 0.0674 e. The summed E-state index contributed by atoms with van der Waals surface area (Å²) in [5.74, 6) is 0. The van der Waals surface area contributed by atoms with Crippen LogP contribution in [0.15, 0.2) is 0 Å². The summed E-state index contributed by atoms with van der Waals surface area (Å²) in [6, 6.07) is 0.960. The lowest BCUT2D eigenvalue weighted by atomic mass is 9.92. The number of hydrogen-bond acceptors (Lipinski definition) is 4. The Bertz CT molecular complexity index is 244. The zero-order chi connectivity index (χ0) is 13.8. The number of aliphatic hydroxyl groups excluding tert-OH is 1. The van der Waals surface area contributed by atoms with Crippen molar-refractivity contribution in [2.45, 2.75) is 64.3 Å². The summed E-state index contributed by atoms with van der Waals surface area (Å²) in [5, 5.41) is 12.7. The van der Waals surface area contributed by atoms with E-state index in [1.165, 1.54) is 0 Å². The van der Waals surface area contributed by atoms with Crippen molar-refractivity contribution in [1.82, 2.24) is 10.2 Å². The number of morpholine rings is 1. The second kappa shape index (κ2) is 6.85. The lowest BCUT2D eigenvalue weighted by molar-refractivity contribution is -0.0748. The maximum Gasteiger partial charge on any atom is 0.0674 e. The molecule has 1 aliphatic rings. The first-order valence-corrected chi connectivity index (χ1v) is 7.13. The fourth-order valence-corrected chi connectivity index (χ4v) is 2.78. The minimum absolute atomic E-state index is 0.171. The Balaban J connectivity index is 2.65. The molecular formula is C14H30N2O2. The number of nitrogens with zero attached hydrogens (tertiary/aromatic N) is 1. The average molecular weight is 258 g/mol. The molecule has 108 valence electrons. The molecule has 0 saturated carbocycles. The molecule has 0 aromatic rings. The molecule has 1 aliphatic heterocycles. The van der Waals surface area contributed by atoms with Gasteiger partial charge in [-0.2, -0.15) is 0 Å². The van der Waals surface area contributed by atoms with E-state index in [-0.39, 0.29) is 12.1 Å². The predicted molar refractivity (Wildman–Crippen MR) is 74.8 cm³/mol. The Kier molecular flexibility index (Phi) is 6.05. The van der Waals surface area contributed by atoms with Crippen molar-refractivity contribution in [2.75, 3.05) is 26.8 Å². The molecule has 0 radical (unpaired) electrons. The fraction of sp³-hybridized carbons (Fsp3) is 1.00. The third-order valence-electron chi connectivity index (χ3n) is 4.25. The van der Waals surface area contributed by atoms with Crippen LogP contribution in [0.25, 0.3) is 0 Å². The van der Waals surface area contributed by atoms with E-state index in [4.69, 9.17) is 4.74 Å².